The zero-order chi connectivity index (χ0) is 44.7. The molecule has 0 aliphatic carbocycles. The SMILES string of the molecule is N=C(N=C(/C=C/c1cccc(-c2cccc(-c3c4ccccc4cc4c3ccc3ccccc34)c2)c1)c1cccc(-c2cccc3c2c2ccccc2n3-c2ccccc2)c1)c1ccccc1. The first kappa shape index (κ1) is 39.7. The number of aromatic nitrogens is 1. The van der Waals surface area contributed by atoms with Gasteiger partial charge in [-0.1, -0.05) is 200 Å². The monoisotopic (exact) mass is 853 g/mol. The highest BCUT2D eigenvalue weighted by Crippen LogP contribution is 2.41. The van der Waals surface area contributed by atoms with Crippen molar-refractivity contribution in [2.24, 2.45) is 4.99 Å². The van der Waals surface area contributed by atoms with E-state index in [1.165, 1.54) is 59.7 Å². The Balaban J connectivity index is 0.938. The van der Waals surface area contributed by atoms with E-state index in [9.17, 15) is 0 Å². The molecule has 3 nitrogen and oxygen atoms in total. The fourth-order valence-electron chi connectivity index (χ4n) is 9.92. The quantitative estimate of drug-likeness (QED) is 0.0685. The van der Waals surface area contributed by atoms with E-state index in [0.717, 1.165) is 50.1 Å². The lowest BCUT2D eigenvalue weighted by atomic mass is 9.89. The molecule has 1 aromatic heterocycles. The lowest BCUT2D eigenvalue weighted by Crippen LogP contribution is -2.04. The second-order valence-electron chi connectivity index (χ2n) is 17.1. The Hall–Kier alpha value is -8.92. The smallest absolute Gasteiger partial charge is 0.152 e. The Labute approximate surface area is 389 Å². The van der Waals surface area contributed by atoms with Crippen molar-refractivity contribution in [3.05, 3.63) is 265 Å². The van der Waals surface area contributed by atoms with Gasteiger partial charge in [0.1, 0.15) is 0 Å². The highest BCUT2D eigenvalue weighted by atomic mass is 15.0. The zero-order valence-corrected chi connectivity index (χ0v) is 36.6. The summed E-state index contributed by atoms with van der Waals surface area (Å²) in [7, 11) is 0. The van der Waals surface area contributed by atoms with Crippen LogP contribution in [0.25, 0.3) is 99.3 Å². The van der Waals surface area contributed by atoms with Crippen LogP contribution in [-0.4, -0.2) is 16.1 Å². The van der Waals surface area contributed by atoms with Gasteiger partial charge in [-0.3, -0.25) is 5.41 Å². The van der Waals surface area contributed by atoms with Crippen LogP contribution in [0.3, 0.4) is 0 Å². The summed E-state index contributed by atoms with van der Waals surface area (Å²) in [6.45, 7) is 0. The van der Waals surface area contributed by atoms with Crippen LogP contribution in [0.5, 0.6) is 0 Å². The number of fused-ring (bicyclic) bond motifs is 7. The van der Waals surface area contributed by atoms with Gasteiger partial charge in [0.2, 0.25) is 0 Å². The van der Waals surface area contributed by atoms with Gasteiger partial charge in [0, 0.05) is 27.6 Å². The second-order valence-corrected chi connectivity index (χ2v) is 17.1. The minimum atomic E-state index is 0.207. The van der Waals surface area contributed by atoms with E-state index in [4.69, 9.17) is 10.4 Å². The van der Waals surface area contributed by atoms with Crippen LogP contribution in [0.15, 0.2) is 254 Å². The Morgan fingerprint density at radius 1 is 0.403 bits per heavy atom. The molecule has 314 valence electrons. The molecule has 0 saturated heterocycles. The van der Waals surface area contributed by atoms with E-state index in [0.29, 0.717) is 5.71 Å². The average molecular weight is 854 g/mol. The summed E-state index contributed by atoms with van der Waals surface area (Å²) in [5.41, 5.74) is 13.8. The van der Waals surface area contributed by atoms with Crippen molar-refractivity contribution in [1.82, 2.24) is 4.57 Å². The lowest BCUT2D eigenvalue weighted by molar-refractivity contribution is 1.18. The van der Waals surface area contributed by atoms with Crippen molar-refractivity contribution in [2.45, 2.75) is 0 Å². The number of allylic oxidation sites excluding steroid dienone is 1. The predicted molar refractivity (Wildman–Crippen MR) is 285 cm³/mol. The number of nitrogens with one attached hydrogen (secondary N) is 1. The molecule has 0 fully saturated rings. The molecule has 1 N–H and O–H groups in total. The second kappa shape index (κ2) is 16.9. The molecular weight excluding hydrogens is 811 g/mol. The van der Waals surface area contributed by atoms with E-state index in [-0.39, 0.29) is 5.84 Å². The summed E-state index contributed by atoms with van der Waals surface area (Å²) < 4.78 is 2.35. The first-order valence-electron chi connectivity index (χ1n) is 22.8. The van der Waals surface area contributed by atoms with Gasteiger partial charge in [-0.2, -0.15) is 0 Å². The van der Waals surface area contributed by atoms with Gasteiger partial charge < -0.3 is 4.57 Å². The molecule has 0 aliphatic rings. The number of para-hydroxylation sites is 2. The summed E-state index contributed by atoms with van der Waals surface area (Å²) in [6.07, 6.45) is 4.18. The molecule has 12 rings (SSSR count). The maximum Gasteiger partial charge on any atom is 0.152 e. The van der Waals surface area contributed by atoms with Gasteiger partial charge in [0.25, 0.3) is 0 Å². The number of hydrogen-bond acceptors (Lipinski definition) is 1. The van der Waals surface area contributed by atoms with Crippen molar-refractivity contribution in [1.29, 1.82) is 5.41 Å². The molecule has 0 bridgehead atoms. The third-order valence-corrected chi connectivity index (χ3v) is 13.0. The molecule has 11 aromatic carbocycles. The van der Waals surface area contributed by atoms with Crippen molar-refractivity contribution < 1.29 is 0 Å². The van der Waals surface area contributed by atoms with Crippen molar-refractivity contribution in [3.8, 4) is 39.1 Å². The first-order chi connectivity index (χ1) is 33.1. The Kier molecular flexibility index (Phi) is 10.00. The number of nitrogens with zero attached hydrogens (tertiary/aromatic N) is 2. The third-order valence-electron chi connectivity index (χ3n) is 13.0. The van der Waals surface area contributed by atoms with Crippen molar-refractivity contribution in [2.75, 3.05) is 0 Å². The molecule has 0 aliphatic heterocycles. The maximum atomic E-state index is 9.15. The number of hydrogen-bond donors (Lipinski definition) is 1. The maximum absolute atomic E-state index is 9.15. The number of aliphatic imine (C=N–C) groups is 1. The molecule has 0 unspecified atom stereocenters. The fraction of sp³-hybridized carbons (Fsp3) is 0. The normalized spacial score (nSPS) is 12.0. The van der Waals surface area contributed by atoms with E-state index in [1.54, 1.807) is 0 Å². The van der Waals surface area contributed by atoms with Crippen molar-refractivity contribution in [3.63, 3.8) is 0 Å². The van der Waals surface area contributed by atoms with Crippen LogP contribution in [0.4, 0.5) is 0 Å². The van der Waals surface area contributed by atoms with Gasteiger partial charge in [-0.25, -0.2) is 4.99 Å². The average Bonchev–Trinajstić information content (AvgIpc) is 3.74. The molecule has 0 saturated carbocycles. The molecule has 0 spiro atoms. The fourth-order valence-corrected chi connectivity index (χ4v) is 9.92. The zero-order valence-electron chi connectivity index (χ0n) is 36.6. The third kappa shape index (κ3) is 7.29. The molecule has 0 amide bonds. The van der Waals surface area contributed by atoms with Crippen molar-refractivity contribution >= 4 is 71.7 Å². The number of benzene rings is 11. The largest absolute Gasteiger partial charge is 0.309 e. The van der Waals surface area contributed by atoms with E-state index >= 15 is 0 Å². The molecule has 1 heterocycles. The predicted octanol–water partition coefficient (Wildman–Crippen LogP) is 16.8. The number of amidine groups is 1. The number of rotatable bonds is 8. The Bertz CT molecular complexity index is 3930. The van der Waals surface area contributed by atoms with E-state index in [1.807, 2.05) is 30.3 Å². The van der Waals surface area contributed by atoms with Gasteiger partial charge in [0.05, 0.1) is 16.7 Å². The topological polar surface area (TPSA) is 41.1 Å². The van der Waals surface area contributed by atoms with Crippen LogP contribution >= 0.6 is 0 Å². The highest BCUT2D eigenvalue weighted by molar-refractivity contribution is 6.21. The summed E-state index contributed by atoms with van der Waals surface area (Å²) >= 11 is 0. The van der Waals surface area contributed by atoms with Crippen LogP contribution < -0.4 is 0 Å². The molecule has 3 heteroatoms. The summed E-state index contributed by atoms with van der Waals surface area (Å²) in [4.78, 5) is 5.03. The van der Waals surface area contributed by atoms with Crippen LogP contribution in [-0.2, 0) is 0 Å². The molecular formula is C64H43N3. The Morgan fingerprint density at radius 2 is 1.03 bits per heavy atom. The van der Waals surface area contributed by atoms with Gasteiger partial charge in [-0.15, -0.1) is 0 Å². The molecule has 0 atom stereocenters. The summed E-state index contributed by atoms with van der Waals surface area (Å²) in [6, 6.07) is 86.0. The van der Waals surface area contributed by atoms with Crippen LogP contribution in [0.2, 0.25) is 0 Å². The van der Waals surface area contributed by atoms with Crippen LogP contribution in [0, 0.1) is 5.41 Å². The van der Waals surface area contributed by atoms with Gasteiger partial charge >= 0.3 is 0 Å². The first-order valence-corrected chi connectivity index (χ1v) is 22.8. The van der Waals surface area contributed by atoms with E-state index in [2.05, 4.69) is 229 Å². The molecule has 0 radical (unpaired) electrons. The molecule has 67 heavy (non-hydrogen) atoms. The standard InChI is InChI=1S/C64H43N3/c65-64(45-19-3-1-4-20-45)66-59(50-25-15-24-48(41-50)55-32-16-34-61-63(55)57-31-11-12-33-60(57)67(61)52-27-5-2-6-28-52)38-35-43-17-13-22-46(39-43)47-23-14-26-51(40-47)62-54-30-10-8-21-49(54)42-58-53-29-9-7-18-44(53)36-37-56(58)62/h1-42,65H/b38-35+,65-64?,66-59?. The lowest BCUT2D eigenvalue weighted by Gasteiger charge is -2.15. The highest BCUT2D eigenvalue weighted by Gasteiger charge is 2.17. The summed E-state index contributed by atoms with van der Waals surface area (Å²) in [5, 5.41) is 19.0. The van der Waals surface area contributed by atoms with Gasteiger partial charge in [0.15, 0.2) is 5.84 Å². The van der Waals surface area contributed by atoms with E-state index < -0.39 is 0 Å². The molecule has 12 aromatic rings. The minimum absolute atomic E-state index is 0.207. The van der Waals surface area contributed by atoms with Gasteiger partial charge in [-0.05, 0) is 126 Å². The Morgan fingerprint density at radius 3 is 1.88 bits per heavy atom. The summed E-state index contributed by atoms with van der Waals surface area (Å²) in [5.74, 6) is 0.207. The minimum Gasteiger partial charge on any atom is -0.309 e. The van der Waals surface area contributed by atoms with Crippen LogP contribution in [0.1, 0.15) is 16.7 Å².